The topological polar surface area (TPSA) is 134 Å². The number of aromatic nitrogens is 4. The van der Waals surface area contributed by atoms with E-state index in [0.29, 0.717) is 30.0 Å². The van der Waals surface area contributed by atoms with Crippen LogP contribution in [0.2, 0.25) is 0 Å². The Kier molecular flexibility index (Phi) is 6.88. The molecule has 2 amide bonds. The molecule has 4 fully saturated rings. The van der Waals surface area contributed by atoms with Gasteiger partial charge in [0.1, 0.15) is 11.5 Å². The van der Waals surface area contributed by atoms with Crippen LogP contribution in [0.3, 0.4) is 0 Å². The summed E-state index contributed by atoms with van der Waals surface area (Å²) in [6.07, 6.45) is 9.39. The Hall–Kier alpha value is -2.79. The number of nitrogens with two attached hydrogens (primary N) is 1. The van der Waals surface area contributed by atoms with Crippen molar-refractivity contribution in [2.24, 2.45) is 36.0 Å². The molecule has 0 radical (unpaired) electrons. The Bertz CT molecular complexity index is 1220. The van der Waals surface area contributed by atoms with Gasteiger partial charge in [-0.3, -0.25) is 14.6 Å². The summed E-state index contributed by atoms with van der Waals surface area (Å²) in [5, 5.41) is 3.22. The predicted molar refractivity (Wildman–Crippen MR) is 142 cm³/mol. The molecular formula is C27H39BN6O4. The number of aryl methyl sites for hydroxylation is 1. The number of hydrogen-bond donors (Lipinski definition) is 2. The Balaban J connectivity index is 1.42. The van der Waals surface area contributed by atoms with Crippen molar-refractivity contribution < 1.29 is 18.9 Å². The van der Waals surface area contributed by atoms with Crippen molar-refractivity contribution in [2.45, 2.75) is 83.9 Å². The third kappa shape index (κ3) is 4.64. The molecule has 2 aromatic heterocycles. The van der Waals surface area contributed by atoms with Crippen molar-refractivity contribution in [3.8, 4) is 0 Å². The summed E-state index contributed by atoms with van der Waals surface area (Å²) in [7, 11) is 1.30. The normalized spacial score (nSPS) is 28.9. The molecule has 2 aromatic rings. The number of nitrogens with one attached hydrogen (secondary N) is 1. The van der Waals surface area contributed by atoms with Crippen LogP contribution in [0, 0.1) is 23.2 Å². The maximum absolute atomic E-state index is 14.0. The lowest BCUT2D eigenvalue weighted by atomic mass is 9.45. The number of rotatable bonds is 9. The summed E-state index contributed by atoms with van der Waals surface area (Å²) in [6, 6.07) is 0. The van der Waals surface area contributed by atoms with Gasteiger partial charge in [0.25, 0.3) is 5.91 Å². The third-order valence-electron chi connectivity index (χ3n) is 9.13. The van der Waals surface area contributed by atoms with Gasteiger partial charge in [-0.15, -0.1) is 0 Å². The summed E-state index contributed by atoms with van der Waals surface area (Å²) >= 11 is 0. The molecule has 3 heterocycles. The second-order valence-electron chi connectivity index (χ2n) is 12.5. The number of nitrogens with zero attached hydrogens (tertiary/aromatic N) is 4. The van der Waals surface area contributed by atoms with Crippen molar-refractivity contribution >= 4 is 18.9 Å². The minimum Gasteiger partial charge on any atom is -0.404 e. The largest absolute Gasteiger partial charge is 0.481 e. The van der Waals surface area contributed by atoms with Crippen LogP contribution in [0.5, 0.6) is 0 Å². The summed E-state index contributed by atoms with van der Waals surface area (Å²) in [6.45, 7) is 11.0. The minimum atomic E-state index is -0.826. The highest BCUT2D eigenvalue weighted by atomic mass is 16.7. The molecule has 3 saturated carbocycles. The zero-order valence-corrected chi connectivity index (χ0v) is 23.2. The minimum absolute atomic E-state index is 0.00360. The third-order valence-corrected chi connectivity index (χ3v) is 9.13. The number of hydrogen-bond acceptors (Lipinski definition) is 7. The monoisotopic (exact) mass is 522 g/mol. The Labute approximate surface area is 224 Å². The highest BCUT2D eigenvalue weighted by molar-refractivity contribution is 6.48. The number of amides is 2. The van der Waals surface area contributed by atoms with Gasteiger partial charge >= 0.3 is 7.12 Å². The molecule has 4 aliphatic rings. The van der Waals surface area contributed by atoms with E-state index in [1.807, 2.05) is 17.8 Å². The van der Waals surface area contributed by atoms with Gasteiger partial charge in [-0.05, 0) is 49.4 Å². The van der Waals surface area contributed by atoms with E-state index in [2.05, 4.69) is 54.9 Å². The summed E-state index contributed by atoms with van der Waals surface area (Å²) < 4.78 is 15.1. The maximum atomic E-state index is 14.0. The molecule has 2 bridgehead atoms. The van der Waals surface area contributed by atoms with Gasteiger partial charge in [0.05, 0.1) is 29.3 Å². The lowest BCUT2D eigenvalue weighted by Crippen LogP contribution is -2.63. The quantitative estimate of drug-likeness (QED) is 0.483. The van der Waals surface area contributed by atoms with Gasteiger partial charge in [0.2, 0.25) is 5.91 Å². The van der Waals surface area contributed by atoms with E-state index in [1.54, 1.807) is 6.20 Å². The Morgan fingerprint density at radius 3 is 2.58 bits per heavy atom. The first-order valence-corrected chi connectivity index (χ1v) is 13.6. The van der Waals surface area contributed by atoms with Crippen molar-refractivity contribution in [3.63, 3.8) is 0 Å². The van der Waals surface area contributed by atoms with Gasteiger partial charge in [-0.25, -0.2) is 9.97 Å². The van der Waals surface area contributed by atoms with Crippen LogP contribution in [0.1, 0.15) is 81.8 Å². The Morgan fingerprint density at radius 2 is 1.95 bits per heavy atom. The number of carbonyl (C=O) groups excluding carboxylic acids is 2. The van der Waals surface area contributed by atoms with E-state index < -0.39 is 18.9 Å². The lowest BCUT2D eigenvalue weighted by Gasteiger charge is -2.63. The molecule has 0 unspecified atom stereocenters. The zero-order valence-electron chi connectivity index (χ0n) is 23.2. The lowest BCUT2D eigenvalue weighted by molar-refractivity contribution is -0.185. The van der Waals surface area contributed by atoms with E-state index in [-0.39, 0.29) is 46.8 Å². The van der Waals surface area contributed by atoms with Gasteiger partial charge < -0.3 is 24.9 Å². The standard InChI is InChI=1S/C27H39BN6O4/c1-15(2)11-19(28-37-23-18-12-16(26(18,3)4)14-27(23,5)38-28)33-25(36)17(13-20-30-9-10-34(20)6)21-22(24(29)35)32-8-7-31-21/h7-10,15-19,23H,11-14H2,1-6H3,(H2,29,35)(H,33,36)/t16-,17+,18+,19-,23+,27-/m0/s1. The summed E-state index contributed by atoms with van der Waals surface area (Å²) in [5.74, 6) is -0.181. The van der Waals surface area contributed by atoms with Crippen molar-refractivity contribution in [1.29, 1.82) is 0 Å². The smallest absolute Gasteiger partial charge is 0.404 e. The average Bonchev–Trinajstić information content (AvgIpc) is 3.43. The van der Waals surface area contributed by atoms with E-state index >= 15 is 0 Å². The number of imidazole rings is 1. The van der Waals surface area contributed by atoms with Crippen molar-refractivity contribution in [2.75, 3.05) is 0 Å². The summed E-state index contributed by atoms with van der Waals surface area (Å²) in [4.78, 5) is 39.1. The molecule has 3 aliphatic carbocycles. The zero-order chi connectivity index (χ0) is 27.4. The Morgan fingerprint density at radius 1 is 1.21 bits per heavy atom. The first kappa shape index (κ1) is 26.8. The van der Waals surface area contributed by atoms with Crippen LogP contribution in [0.25, 0.3) is 0 Å². The van der Waals surface area contributed by atoms with Crippen LogP contribution in [0.4, 0.5) is 0 Å². The molecule has 204 valence electrons. The van der Waals surface area contributed by atoms with Gasteiger partial charge in [-0.2, -0.15) is 0 Å². The predicted octanol–water partition coefficient (Wildman–Crippen LogP) is 2.43. The van der Waals surface area contributed by atoms with Crippen LogP contribution in [0.15, 0.2) is 24.8 Å². The first-order chi connectivity index (χ1) is 17.9. The van der Waals surface area contributed by atoms with E-state index in [1.165, 1.54) is 18.8 Å². The molecule has 38 heavy (non-hydrogen) atoms. The van der Waals surface area contributed by atoms with Crippen LogP contribution in [-0.4, -0.2) is 56.1 Å². The molecule has 1 saturated heterocycles. The molecule has 6 rings (SSSR count). The van der Waals surface area contributed by atoms with E-state index in [9.17, 15) is 9.59 Å². The molecule has 1 aliphatic heterocycles. The highest BCUT2D eigenvalue weighted by Gasteiger charge is 2.67. The number of primary amides is 1. The second kappa shape index (κ2) is 9.75. The SMILES string of the molecule is CC(C)C[C@H](NC(=O)[C@H](Cc1nccn1C)c1nccnc1C(N)=O)B1O[C@@H]2[C@H]3C[C@@H](C[C@]2(C)O1)C3(C)C. The fourth-order valence-corrected chi connectivity index (χ4v) is 6.83. The van der Waals surface area contributed by atoms with Gasteiger partial charge in [-0.1, -0.05) is 27.7 Å². The maximum Gasteiger partial charge on any atom is 0.481 e. The number of carbonyl (C=O) groups is 2. The fraction of sp³-hybridized carbons (Fsp3) is 0.667. The van der Waals surface area contributed by atoms with Crippen LogP contribution in [-0.2, 0) is 27.6 Å². The molecule has 3 N–H and O–H groups in total. The first-order valence-electron chi connectivity index (χ1n) is 13.6. The second-order valence-corrected chi connectivity index (χ2v) is 12.5. The van der Waals surface area contributed by atoms with Crippen molar-refractivity contribution in [1.82, 2.24) is 24.8 Å². The van der Waals surface area contributed by atoms with Crippen molar-refractivity contribution in [3.05, 3.63) is 42.0 Å². The van der Waals surface area contributed by atoms with E-state index in [0.717, 1.165) is 6.42 Å². The molecule has 6 atom stereocenters. The van der Waals surface area contributed by atoms with Crippen LogP contribution < -0.4 is 11.1 Å². The molecule has 11 heteroatoms. The molecular weight excluding hydrogens is 483 g/mol. The molecule has 0 spiro atoms. The van der Waals surface area contributed by atoms with Gasteiger partial charge in [0, 0.05) is 38.3 Å². The fourth-order valence-electron chi connectivity index (χ4n) is 6.83. The highest BCUT2D eigenvalue weighted by Crippen LogP contribution is 2.64. The van der Waals surface area contributed by atoms with Crippen LogP contribution >= 0.6 is 0 Å². The van der Waals surface area contributed by atoms with E-state index in [4.69, 9.17) is 15.0 Å². The average molecular weight is 522 g/mol. The summed E-state index contributed by atoms with van der Waals surface area (Å²) in [5.41, 5.74) is 5.71. The molecule has 10 nitrogen and oxygen atoms in total. The molecule has 0 aromatic carbocycles. The van der Waals surface area contributed by atoms with Gasteiger partial charge in [0.15, 0.2) is 0 Å².